The Balaban J connectivity index is 1.91. The van der Waals surface area contributed by atoms with E-state index in [0.717, 1.165) is 63.0 Å². The molecule has 1 aliphatic carbocycles. The highest BCUT2D eigenvalue weighted by Gasteiger charge is 2.29. The molecule has 5 heteroatoms. The van der Waals surface area contributed by atoms with E-state index in [1.54, 1.807) is 18.3 Å². The molecule has 0 fully saturated rings. The van der Waals surface area contributed by atoms with Crippen LogP contribution in [0.3, 0.4) is 0 Å². The molecule has 0 aliphatic heterocycles. The van der Waals surface area contributed by atoms with Gasteiger partial charge in [-0.25, -0.2) is 4.98 Å². The fourth-order valence-corrected chi connectivity index (χ4v) is 5.75. The predicted molar refractivity (Wildman–Crippen MR) is 112 cm³/mol. The summed E-state index contributed by atoms with van der Waals surface area (Å²) in [6.45, 7) is 3.65. The number of aromatic nitrogens is 1. The molecule has 3 aromatic heterocycles. The van der Waals surface area contributed by atoms with Crippen molar-refractivity contribution in [3.05, 3.63) is 52.0 Å². The van der Waals surface area contributed by atoms with Crippen LogP contribution in [0.4, 0.5) is 0 Å². The first-order valence-corrected chi connectivity index (χ1v) is 10.5. The molecule has 0 amide bonds. The molecule has 28 heavy (non-hydrogen) atoms. The van der Waals surface area contributed by atoms with E-state index in [1.807, 2.05) is 37.3 Å². The molecule has 142 valence electrons. The van der Waals surface area contributed by atoms with Gasteiger partial charge in [0.05, 0.1) is 5.92 Å². The first-order valence-electron chi connectivity index (χ1n) is 9.71. The van der Waals surface area contributed by atoms with E-state index < -0.39 is 11.9 Å². The highest BCUT2D eigenvalue weighted by Crippen LogP contribution is 2.45. The molecule has 5 rings (SSSR count). The van der Waals surface area contributed by atoms with Crippen molar-refractivity contribution >= 4 is 38.5 Å². The van der Waals surface area contributed by atoms with E-state index in [-0.39, 0.29) is 0 Å². The van der Waals surface area contributed by atoms with E-state index >= 15 is 0 Å². The van der Waals surface area contributed by atoms with Crippen LogP contribution in [0.15, 0.2) is 34.7 Å². The van der Waals surface area contributed by atoms with Crippen LogP contribution in [-0.2, 0) is 17.6 Å². The lowest BCUT2D eigenvalue weighted by Crippen LogP contribution is -2.12. The van der Waals surface area contributed by atoms with Gasteiger partial charge >= 0.3 is 5.97 Å². The van der Waals surface area contributed by atoms with Gasteiger partial charge in [-0.1, -0.05) is 18.2 Å². The SMILES string of the molecule is Cc1nc2sc3c(c2c(-c2cc4ccccc4o2)c1C(C)C(=O)O)CCCC3. The summed E-state index contributed by atoms with van der Waals surface area (Å²) in [5, 5.41) is 11.9. The molecule has 1 aromatic carbocycles. The van der Waals surface area contributed by atoms with E-state index in [9.17, 15) is 9.90 Å². The molecule has 1 atom stereocenters. The number of carboxylic acid groups (broad SMARTS) is 1. The van der Waals surface area contributed by atoms with Gasteiger partial charge in [-0.15, -0.1) is 11.3 Å². The topological polar surface area (TPSA) is 63.3 Å². The maximum atomic E-state index is 11.9. The summed E-state index contributed by atoms with van der Waals surface area (Å²) >= 11 is 1.76. The number of pyridine rings is 1. The summed E-state index contributed by atoms with van der Waals surface area (Å²) in [7, 11) is 0. The minimum absolute atomic E-state index is 0.653. The fourth-order valence-electron chi connectivity index (χ4n) is 4.43. The van der Waals surface area contributed by atoms with Crippen molar-refractivity contribution in [3.63, 3.8) is 0 Å². The van der Waals surface area contributed by atoms with Crippen LogP contribution in [0, 0.1) is 6.92 Å². The number of fused-ring (bicyclic) bond motifs is 4. The Morgan fingerprint density at radius 3 is 2.82 bits per heavy atom. The fraction of sp³-hybridized carbons (Fsp3) is 0.304. The van der Waals surface area contributed by atoms with E-state index in [2.05, 4.69) is 0 Å². The number of hydrogen-bond donors (Lipinski definition) is 1. The molecule has 0 spiro atoms. The van der Waals surface area contributed by atoms with Crippen LogP contribution in [0.5, 0.6) is 0 Å². The third kappa shape index (κ3) is 2.57. The van der Waals surface area contributed by atoms with Gasteiger partial charge in [0.25, 0.3) is 0 Å². The monoisotopic (exact) mass is 391 g/mol. The second kappa shape index (κ2) is 6.45. The second-order valence-corrected chi connectivity index (χ2v) is 8.67. The number of para-hydroxylation sites is 1. The summed E-state index contributed by atoms with van der Waals surface area (Å²) in [6, 6.07) is 9.96. The molecule has 4 nitrogen and oxygen atoms in total. The van der Waals surface area contributed by atoms with Crippen molar-refractivity contribution in [2.75, 3.05) is 0 Å². The zero-order valence-corrected chi connectivity index (χ0v) is 16.7. The van der Waals surface area contributed by atoms with Crippen molar-refractivity contribution in [2.24, 2.45) is 0 Å². The lowest BCUT2D eigenvalue weighted by atomic mass is 9.88. The number of aryl methyl sites for hydroxylation is 3. The molecule has 0 saturated carbocycles. The minimum atomic E-state index is -0.842. The van der Waals surface area contributed by atoms with Crippen LogP contribution < -0.4 is 0 Å². The Hall–Kier alpha value is -2.66. The quantitative estimate of drug-likeness (QED) is 0.459. The zero-order chi connectivity index (χ0) is 19.4. The molecule has 1 N–H and O–H groups in total. The molecule has 3 heterocycles. The molecular formula is C23H21NO3S. The normalized spacial score (nSPS) is 15.1. The molecular weight excluding hydrogens is 370 g/mol. The highest BCUT2D eigenvalue weighted by atomic mass is 32.1. The highest BCUT2D eigenvalue weighted by molar-refractivity contribution is 7.19. The molecule has 0 radical (unpaired) electrons. The smallest absolute Gasteiger partial charge is 0.310 e. The number of aliphatic carboxylic acids is 1. The minimum Gasteiger partial charge on any atom is -0.481 e. The standard InChI is InChI=1S/C23H21NO3S/c1-12(23(25)26)19-13(2)24-22-20(15-8-4-6-10-18(15)28-22)21(19)17-11-14-7-3-5-9-16(14)27-17/h3,5,7,9,11-12H,4,6,8,10H2,1-2H3,(H,25,26). The van der Waals surface area contributed by atoms with Crippen LogP contribution >= 0.6 is 11.3 Å². The van der Waals surface area contributed by atoms with Gasteiger partial charge in [0, 0.05) is 26.9 Å². The number of carboxylic acids is 1. The first-order chi connectivity index (χ1) is 13.5. The van der Waals surface area contributed by atoms with Crippen LogP contribution in [-0.4, -0.2) is 16.1 Å². The van der Waals surface area contributed by atoms with Gasteiger partial charge in [0.1, 0.15) is 16.2 Å². The van der Waals surface area contributed by atoms with Gasteiger partial charge in [-0.3, -0.25) is 4.79 Å². The second-order valence-electron chi connectivity index (χ2n) is 7.59. The van der Waals surface area contributed by atoms with Crippen molar-refractivity contribution in [2.45, 2.75) is 45.4 Å². The Bertz CT molecular complexity index is 1200. The Labute approximate surface area is 166 Å². The average Bonchev–Trinajstić information content (AvgIpc) is 3.27. The number of benzene rings is 1. The average molecular weight is 391 g/mol. The largest absolute Gasteiger partial charge is 0.481 e. The van der Waals surface area contributed by atoms with E-state index in [4.69, 9.17) is 9.40 Å². The number of thiophene rings is 1. The third-order valence-corrected chi connectivity index (χ3v) is 6.99. The van der Waals surface area contributed by atoms with E-state index in [0.29, 0.717) is 0 Å². The van der Waals surface area contributed by atoms with Crippen molar-refractivity contribution in [3.8, 4) is 11.3 Å². The summed E-state index contributed by atoms with van der Waals surface area (Å²) in [6.07, 6.45) is 4.47. The maximum Gasteiger partial charge on any atom is 0.310 e. The van der Waals surface area contributed by atoms with Crippen LogP contribution in [0.2, 0.25) is 0 Å². The third-order valence-electron chi connectivity index (χ3n) is 5.81. The van der Waals surface area contributed by atoms with Gasteiger partial charge in [-0.2, -0.15) is 0 Å². The van der Waals surface area contributed by atoms with Crippen molar-refractivity contribution < 1.29 is 14.3 Å². The number of rotatable bonds is 3. The van der Waals surface area contributed by atoms with E-state index in [1.165, 1.54) is 16.9 Å². The first kappa shape index (κ1) is 17.4. The van der Waals surface area contributed by atoms with Gasteiger partial charge in [-0.05, 0) is 62.8 Å². The number of carbonyl (C=O) groups is 1. The lowest BCUT2D eigenvalue weighted by Gasteiger charge is -2.17. The van der Waals surface area contributed by atoms with Crippen LogP contribution in [0.1, 0.15) is 47.4 Å². The summed E-state index contributed by atoms with van der Waals surface area (Å²) < 4.78 is 6.23. The Kier molecular flexibility index (Phi) is 4.02. The van der Waals surface area contributed by atoms with Crippen molar-refractivity contribution in [1.29, 1.82) is 0 Å². The van der Waals surface area contributed by atoms with Gasteiger partial charge < -0.3 is 9.52 Å². The Morgan fingerprint density at radius 2 is 2.04 bits per heavy atom. The zero-order valence-electron chi connectivity index (χ0n) is 15.9. The Morgan fingerprint density at radius 1 is 1.25 bits per heavy atom. The van der Waals surface area contributed by atoms with Gasteiger partial charge in [0.2, 0.25) is 0 Å². The molecule has 1 unspecified atom stereocenters. The van der Waals surface area contributed by atoms with Crippen LogP contribution in [0.25, 0.3) is 32.5 Å². The molecule has 1 aliphatic rings. The molecule has 4 aromatic rings. The summed E-state index contributed by atoms with van der Waals surface area (Å²) in [5.74, 6) is -0.754. The number of furan rings is 1. The summed E-state index contributed by atoms with van der Waals surface area (Å²) in [4.78, 5) is 19.1. The predicted octanol–water partition coefficient (Wildman–Crippen LogP) is 6.08. The summed E-state index contributed by atoms with van der Waals surface area (Å²) in [5.41, 5.74) is 4.63. The molecule has 0 saturated heterocycles. The maximum absolute atomic E-state index is 11.9. The molecule has 0 bridgehead atoms. The lowest BCUT2D eigenvalue weighted by molar-refractivity contribution is -0.138. The van der Waals surface area contributed by atoms with Gasteiger partial charge in [0.15, 0.2) is 0 Å². The number of hydrogen-bond acceptors (Lipinski definition) is 4. The number of nitrogens with zero attached hydrogens (tertiary/aromatic N) is 1. The van der Waals surface area contributed by atoms with Crippen molar-refractivity contribution in [1.82, 2.24) is 4.98 Å².